The zero-order valence-electron chi connectivity index (χ0n) is 9.47. The fourth-order valence-corrected chi connectivity index (χ4v) is 1.66. The average Bonchev–Trinajstić information content (AvgIpc) is 2.24. The van der Waals surface area contributed by atoms with Crippen LogP contribution in [0.25, 0.3) is 0 Å². The minimum atomic E-state index is -4.81. The van der Waals surface area contributed by atoms with Crippen LogP contribution in [0.2, 0.25) is 0 Å². The predicted octanol–water partition coefficient (Wildman–Crippen LogP) is 3.65. The maximum atomic E-state index is 13.1. The molecule has 0 aliphatic carbocycles. The number of rotatable bonds is 3. The van der Waals surface area contributed by atoms with Crippen molar-refractivity contribution in [3.63, 3.8) is 0 Å². The van der Waals surface area contributed by atoms with Crippen molar-refractivity contribution in [2.75, 3.05) is 11.4 Å². The normalized spacial score (nSPS) is 11.2. The SMILES string of the molecule is C=C(Cl)CN(C(N)=S)c1ccc(F)c(C(F)(F)F)c1. The third-order valence-electron chi connectivity index (χ3n) is 2.16. The van der Waals surface area contributed by atoms with Crippen molar-refractivity contribution in [2.45, 2.75) is 6.18 Å². The highest BCUT2D eigenvalue weighted by atomic mass is 35.5. The van der Waals surface area contributed by atoms with Crippen molar-refractivity contribution in [3.8, 4) is 0 Å². The van der Waals surface area contributed by atoms with Gasteiger partial charge in [-0.1, -0.05) is 18.2 Å². The van der Waals surface area contributed by atoms with Crippen molar-refractivity contribution in [3.05, 3.63) is 41.2 Å². The standard InChI is InChI=1S/C11H9ClF4N2S/c1-6(12)5-18(10(17)19)7-2-3-9(13)8(4-7)11(14,15)16/h2-4H,1,5H2,(H2,17,19). The lowest BCUT2D eigenvalue weighted by molar-refractivity contribution is -0.139. The summed E-state index contributed by atoms with van der Waals surface area (Å²) >= 11 is 10.3. The second-order valence-electron chi connectivity index (χ2n) is 3.60. The number of benzene rings is 1. The smallest absolute Gasteiger partial charge is 0.376 e. The molecule has 0 radical (unpaired) electrons. The summed E-state index contributed by atoms with van der Waals surface area (Å²) in [5.41, 5.74) is 3.99. The van der Waals surface area contributed by atoms with Crippen LogP contribution in [0.4, 0.5) is 23.2 Å². The topological polar surface area (TPSA) is 29.3 Å². The number of anilines is 1. The Labute approximate surface area is 117 Å². The van der Waals surface area contributed by atoms with E-state index in [-0.39, 0.29) is 22.4 Å². The molecule has 0 bridgehead atoms. The lowest BCUT2D eigenvalue weighted by Gasteiger charge is -2.23. The van der Waals surface area contributed by atoms with Crippen LogP contribution in [0.5, 0.6) is 0 Å². The highest BCUT2D eigenvalue weighted by Crippen LogP contribution is 2.34. The van der Waals surface area contributed by atoms with Gasteiger partial charge < -0.3 is 10.6 Å². The molecule has 1 aromatic rings. The van der Waals surface area contributed by atoms with Crippen LogP contribution in [0.3, 0.4) is 0 Å². The van der Waals surface area contributed by atoms with E-state index in [9.17, 15) is 17.6 Å². The highest BCUT2D eigenvalue weighted by Gasteiger charge is 2.34. The molecule has 8 heteroatoms. The molecule has 0 spiro atoms. The lowest BCUT2D eigenvalue weighted by atomic mass is 10.1. The fraction of sp³-hybridized carbons (Fsp3) is 0.182. The van der Waals surface area contributed by atoms with Gasteiger partial charge in [-0.3, -0.25) is 0 Å². The molecule has 0 heterocycles. The fourth-order valence-electron chi connectivity index (χ4n) is 1.37. The first-order valence-corrected chi connectivity index (χ1v) is 5.68. The molecular formula is C11H9ClF4N2S. The van der Waals surface area contributed by atoms with Crippen LogP contribution in [0.1, 0.15) is 5.56 Å². The predicted molar refractivity (Wildman–Crippen MR) is 70.5 cm³/mol. The molecule has 0 aliphatic heterocycles. The summed E-state index contributed by atoms with van der Waals surface area (Å²) in [6, 6.07) is 2.44. The van der Waals surface area contributed by atoms with Crippen LogP contribution in [-0.4, -0.2) is 11.7 Å². The number of nitrogens with zero attached hydrogens (tertiary/aromatic N) is 1. The number of thiocarbonyl (C=S) groups is 1. The molecule has 0 unspecified atom stereocenters. The zero-order chi connectivity index (χ0) is 14.8. The van der Waals surface area contributed by atoms with Crippen LogP contribution in [0, 0.1) is 5.82 Å². The number of halogens is 5. The molecule has 0 atom stereocenters. The van der Waals surface area contributed by atoms with Crippen LogP contribution < -0.4 is 10.6 Å². The Balaban J connectivity index is 3.26. The molecule has 0 aromatic heterocycles. The van der Waals surface area contributed by atoms with Crippen molar-refractivity contribution >= 4 is 34.6 Å². The van der Waals surface area contributed by atoms with Gasteiger partial charge >= 0.3 is 6.18 Å². The van der Waals surface area contributed by atoms with Gasteiger partial charge in [0.05, 0.1) is 12.1 Å². The summed E-state index contributed by atoms with van der Waals surface area (Å²) < 4.78 is 50.9. The van der Waals surface area contributed by atoms with E-state index in [0.29, 0.717) is 12.1 Å². The molecular weight excluding hydrogens is 304 g/mol. The largest absolute Gasteiger partial charge is 0.419 e. The Kier molecular flexibility index (Phi) is 4.75. The van der Waals surface area contributed by atoms with Crippen LogP contribution in [-0.2, 0) is 6.18 Å². The first kappa shape index (κ1) is 15.7. The number of alkyl halides is 3. The number of hydrogen-bond donors (Lipinski definition) is 1. The van der Waals surface area contributed by atoms with E-state index in [0.717, 1.165) is 11.0 Å². The van der Waals surface area contributed by atoms with Crippen LogP contribution >= 0.6 is 23.8 Å². The van der Waals surface area contributed by atoms with E-state index in [1.807, 2.05) is 0 Å². The Morgan fingerprint density at radius 1 is 1.42 bits per heavy atom. The highest BCUT2D eigenvalue weighted by molar-refractivity contribution is 7.80. The Morgan fingerprint density at radius 3 is 2.42 bits per heavy atom. The molecule has 0 amide bonds. The molecule has 19 heavy (non-hydrogen) atoms. The third-order valence-corrected chi connectivity index (χ3v) is 2.50. The van der Waals surface area contributed by atoms with E-state index in [4.69, 9.17) is 29.6 Å². The molecule has 0 aliphatic rings. The van der Waals surface area contributed by atoms with E-state index in [1.54, 1.807) is 0 Å². The molecule has 0 fully saturated rings. The van der Waals surface area contributed by atoms with Gasteiger partial charge in [0.15, 0.2) is 5.11 Å². The minimum Gasteiger partial charge on any atom is -0.376 e. The molecule has 0 saturated carbocycles. The summed E-state index contributed by atoms with van der Waals surface area (Å²) in [6.07, 6.45) is -4.81. The van der Waals surface area contributed by atoms with E-state index >= 15 is 0 Å². The minimum absolute atomic E-state index is 0.0111. The van der Waals surface area contributed by atoms with Gasteiger partial charge in [0.2, 0.25) is 0 Å². The quantitative estimate of drug-likeness (QED) is 0.682. The molecule has 104 valence electrons. The monoisotopic (exact) mass is 312 g/mol. The van der Waals surface area contributed by atoms with Gasteiger partial charge in [0.1, 0.15) is 5.82 Å². The van der Waals surface area contributed by atoms with Crippen molar-refractivity contribution < 1.29 is 17.6 Å². The number of nitrogens with two attached hydrogens (primary N) is 1. The van der Waals surface area contributed by atoms with Crippen molar-refractivity contribution in [2.24, 2.45) is 5.73 Å². The van der Waals surface area contributed by atoms with E-state index in [1.165, 1.54) is 0 Å². The summed E-state index contributed by atoms with van der Waals surface area (Å²) in [5.74, 6) is -1.37. The van der Waals surface area contributed by atoms with E-state index < -0.39 is 17.6 Å². The average molecular weight is 313 g/mol. The maximum absolute atomic E-state index is 13.1. The first-order chi connectivity index (χ1) is 8.62. The lowest BCUT2D eigenvalue weighted by Crippen LogP contribution is -2.36. The summed E-state index contributed by atoms with van der Waals surface area (Å²) in [5, 5.41) is -0.0628. The molecule has 2 nitrogen and oxygen atoms in total. The Morgan fingerprint density at radius 2 is 2.00 bits per heavy atom. The Hall–Kier alpha value is -1.34. The first-order valence-electron chi connectivity index (χ1n) is 4.90. The molecule has 1 rings (SSSR count). The number of hydrogen-bond acceptors (Lipinski definition) is 1. The molecule has 1 aromatic carbocycles. The summed E-state index contributed by atoms with van der Waals surface area (Å²) in [6.45, 7) is 3.33. The van der Waals surface area contributed by atoms with Gasteiger partial charge in [-0.15, -0.1) is 0 Å². The molecule has 2 N–H and O–H groups in total. The summed E-state index contributed by atoms with van der Waals surface area (Å²) in [7, 11) is 0. The van der Waals surface area contributed by atoms with Crippen molar-refractivity contribution in [1.82, 2.24) is 0 Å². The van der Waals surface area contributed by atoms with Gasteiger partial charge in [0, 0.05) is 10.7 Å². The van der Waals surface area contributed by atoms with E-state index in [2.05, 4.69) is 6.58 Å². The zero-order valence-corrected chi connectivity index (χ0v) is 11.0. The van der Waals surface area contributed by atoms with Gasteiger partial charge in [-0.05, 0) is 30.4 Å². The second-order valence-corrected chi connectivity index (χ2v) is 4.56. The second kappa shape index (κ2) is 5.75. The molecule has 0 saturated heterocycles. The summed E-state index contributed by atoms with van der Waals surface area (Å²) in [4.78, 5) is 1.12. The van der Waals surface area contributed by atoms with Crippen molar-refractivity contribution in [1.29, 1.82) is 0 Å². The van der Waals surface area contributed by atoms with Crippen LogP contribution in [0.15, 0.2) is 29.8 Å². The van der Waals surface area contributed by atoms with Gasteiger partial charge in [0.25, 0.3) is 0 Å². The maximum Gasteiger partial charge on any atom is 0.419 e. The van der Waals surface area contributed by atoms with Gasteiger partial charge in [-0.2, -0.15) is 13.2 Å². The Bertz CT molecular complexity index is 516. The third kappa shape index (κ3) is 4.07. The van der Waals surface area contributed by atoms with Gasteiger partial charge in [-0.25, -0.2) is 4.39 Å².